The van der Waals surface area contributed by atoms with Gasteiger partial charge in [0.05, 0.1) is 6.61 Å². The third kappa shape index (κ3) is 4.68. The molecule has 0 aliphatic rings. The minimum Gasteiger partial charge on any atom is -0.493 e. The highest BCUT2D eigenvalue weighted by Gasteiger charge is 2.11. The van der Waals surface area contributed by atoms with Crippen molar-refractivity contribution in [3.05, 3.63) is 28.2 Å². The van der Waals surface area contributed by atoms with E-state index in [9.17, 15) is 0 Å². The topological polar surface area (TPSA) is 21.3 Å². The number of ether oxygens (including phenoxy) is 1. The van der Waals surface area contributed by atoms with Gasteiger partial charge >= 0.3 is 0 Å². The van der Waals surface area contributed by atoms with Crippen LogP contribution in [0, 0.1) is 0 Å². The van der Waals surface area contributed by atoms with E-state index in [1.54, 1.807) is 0 Å². The van der Waals surface area contributed by atoms with Crippen molar-refractivity contribution in [1.29, 1.82) is 0 Å². The Labute approximate surface area is 113 Å². The van der Waals surface area contributed by atoms with Crippen molar-refractivity contribution in [1.82, 2.24) is 5.32 Å². The molecule has 0 saturated carbocycles. The first-order valence-corrected chi connectivity index (χ1v) is 7.14. The minimum absolute atomic E-state index is 0.324. The molecule has 1 unspecified atom stereocenters. The molecule has 3 heteroatoms. The Morgan fingerprint density at radius 1 is 1.35 bits per heavy atom. The van der Waals surface area contributed by atoms with Gasteiger partial charge in [0, 0.05) is 16.1 Å². The highest BCUT2D eigenvalue weighted by Crippen LogP contribution is 2.28. The molecule has 96 valence electrons. The molecule has 0 saturated heterocycles. The second kappa shape index (κ2) is 7.72. The maximum Gasteiger partial charge on any atom is 0.125 e. The SMILES string of the molecule is CCCCOc1cc(Br)ccc1C(C)NCC. The number of benzene rings is 1. The molecule has 0 radical (unpaired) electrons. The van der Waals surface area contributed by atoms with Gasteiger partial charge in [0.1, 0.15) is 5.75 Å². The standard InChI is InChI=1S/C14H22BrNO/c1-4-6-9-17-14-10-12(15)7-8-13(14)11(3)16-5-2/h7-8,10-11,16H,4-6,9H2,1-3H3. The maximum absolute atomic E-state index is 5.86. The number of hydrogen-bond acceptors (Lipinski definition) is 2. The molecule has 0 aliphatic heterocycles. The molecular formula is C14H22BrNO. The van der Waals surface area contributed by atoms with E-state index in [0.717, 1.165) is 36.2 Å². The lowest BCUT2D eigenvalue weighted by molar-refractivity contribution is 0.303. The fraction of sp³-hybridized carbons (Fsp3) is 0.571. The van der Waals surface area contributed by atoms with Crippen LogP contribution in [0.3, 0.4) is 0 Å². The molecule has 0 fully saturated rings. The van der Waals surface area contributed by atoms with Crippen LogP contribution in [0.25, 0.3) is 0 Å². The average molecular weight is 300 g/mol. The number of unbranched alkanes of at least 4 members (excludes halogenated alkanes) is 1. The van der Waals surface area contributed by atoms with Crippen LogP contribution in [-0.4, -0.2) is 13.2 Å². The summed E-state index contributed by atoms with van der Waals surface area (Å²) in [5.41, 5.74) is 1.23. The van der Waals surface area contributed by atoms with E-state index < -0.39 is 0 Å². The minimum atomic E-state index is 0.324. The van der Waals surface area contributed by atoms with Gasteiger partial charge in [-0.1, -0.05) is 42.3 Å². The predicted molar refractivity (Wildman–Crippen MR) is 76.6 cm³/mol. The van der Waals surface area contributed by atoms with Crippen LogP contribution in [0.15, 0.2) is 22.7 Å². The third-order valence-electron chi connectivity index (χ3n) is 2.71. The summed E-state index contributed by atoms with van der Waals surface area (Å²) in [5, 5.41) is 3.42. The average Bonchev–Trinajstić information content (AvgIpc) is 2.30. The Balaban J connectivity index is 2.79. The first-order valence-electron chi connectivity index (χ1n) is 6.34. The van der Waals surface area contributed by atoms with Gasteiger partial charge in [0.25, 0.3) is 0 Å². The first-order chi connectivity index (χ1) is 8.19. The van der Waals surface area contributed by atoms with Gasteiger partial charge in [-0.05, 0) is 32.0 Å². The van der Waals surface area contributed by atoms with Gasteiger partial charge in [0.15, 0.2) is 0 Å². The van der Waals surface area contributed by atoms with E-state index in [-0.39, 0.29) is 0 Å². The van der Waals surface area contributed by atoms with Crippen molar-refractivity contribution < 1.29 is 4.74 Å². The van der Waals surface area contributed by atoms with Gasteiger partial charge in [0.2, 0.25) is 0 Å². The lowest BCUT2D eigenvalue weighted by Crippen LogP contribution is -2.18. The fourth-order valence-corrected chi connectivity index (χ4v) is 2.07. The summed E-state index contributed by atoms with van der Waals surface area (Å²) < 4.78 is 6.92. The highest BCUT2D eigenvalue weighted by atomic mass is 79.9. The normalized spacial score (nSPS) is 12.5. The van der Waals surface area contributed by atoms with Crippen molar-refractivity contribution >= 4 is 15.9 Å². The summed E-state index contributed by atoms with van der Waals surface area (Å²) in [6.45, 7) is 8.21. The summed E-state index contributed by atoms with van der Waals surface area (Å²) in [5.74, 6) is 0.987. The summed E-state index contributed by atoms with van der Waals surface area (Å²) in [7, 11) is 0. The lowest BCUT2D eigenvalue weighted by Gasteiger charge is -2.18. The third-order valence-corrected chi connectivity index (χ3v) is 3.20. The molecule has 0 spiro atoms. The van der Waals surface area contributed by atoms with Crippen molar-refractivity contribution in [2.75, 3.05) is 13.2 Å². The van der Waals surface area contributed by atoms with Crippen LogP contribution in [0.5, 0.6) is 5.75 Å². The van der Waals surface area contributed by atoms with Gasteiger partial charge in [-0.25, -0.2) is 0 Å². The number of rotatable bonds is 7. The van der Waals surface area contributed by atoms with Crippen molar-refractivity contribution in [2.24, 2.45) is 0 Å². The van der Waals surface area contributed by atoms with Gasteiger partial charge in [-0.2, -0.15) is 0 Å². The van der Waals surface area contributed by atoms with E-state index in [2.05, 4.69) is 60.2 Å². The lowest BCUT2D eigenvalue weighted by atomic mass is 10.1. The molecule has 2 nitrogen and oxygen atoms in total. The zero-order valence-electron chi connectivity index (χ0n) is 10.9. The van der Waals surface area contributed by atoms with E-state index in [1.807, 2.05) is 0 Å². The highest BCUT2D eigenvalue weighted by molar-refractivity contribution is 9.10. The molecule has 1 aromatic carbocycles. The summed E-state index contributed by atoms with van der Waals surface area (Å²) >= 11 is 3.49. The van der Waals surface area contributed by atoms with Gasteiger partial charge < -0.3 is 10.1 Å². The van der Waals surface area contributed by atoms with E-state index >= 15 is 0 Å². The monoisotopic (exact) mass is 299 g/mol. The molecule has 0 amide bonds. The predicted octanol–water partition coefficient (Wildman–Crippen LogP) is 4.30. The maximum atomic E-state index is 5.86. The molecule has 0 aromatic heterocycles. The second-order valence-electron chi connectivity index (χ2n) is 4.16. The van der Waals surface area contributed by atoms with Crippen LogP contribution in [0.1, 0.15) is 45.2 Å². The number of hydrogen-bond donors (Lipinski definition) is 1. The first kappa shape index (κ1) is 14.5. The van der Waals surface area contributed by atoms with Crippen molar-refractivity contribution in [2.45, 2.75) is 39.7 Å². The molecule has 1 atom stereocenters. The smallest absolute Gasteiger partial charge is 0.125 e. The Hall–Kier alpha value is -0.540. The summed E-state index contributed by atoms with van der Waals surface area (Å²) in [4.78, 5) is 0. The second-order valence-corrected chi connectivity index (χ2v) is 5.08. The molecule has 0 aliphatic carbocycles. The zero-order chi connectivity index (χ0) is 12.7. The Bertz CT molecular complexity index is 341. The molecule has 17 heavy (non-hydrogen) atoms. The largest absolute Gasteiger partial charge is 0.493 e. The zero-order valence-corrected chi connectivity index (χ0v) is 12.5. The van der Waals surface area contributed by atoms with Crippen LogP contribution >= 0.6 is 15.9 Å². The Morgan fingerprint density at radius 3 is 2.76 bits per heavy atom. The molecule has 1 N–H and O–H groups in total. The van der Waals surface area contributed by atoms with Gasteiger partial charge in [-0.15, -0.1) is 0 Å². The van der Waals surface area contributed by atoms with Crippen molar-refractivity contribution in [3.63, 3.8) is 0 Å². The molecule has 1 rings (SSSR count). The molecule has 1 aromatic rings. The summed E-state index contributed by atoms with van der Waals surface area (Å²) in [6.07, 6.45) is 2.26. The summed E-state index contributed by atoms with van der Waals surface area (Å²) in [6, 6.07) is 6.57. The van der Waals surface area contributed by atoms with Crippen LogP contribution < -0.4 is 10.1 Å². The number of halogens is 1. The molecule has 0 heterocycles. The fourth-order valence-electron chi connectivity index (χ4n) is 1.73. The van der Waals surface area contributed by atoms with E-state index in [0.29, 0.717) is 6.04 Å². The molecule has 0 bridgehead atoms. The van der Waals surface area contributed by atoms with E-state index in [4.69, 9.17) is 4.74 Å². The van der Waals surface area contributed by atoms with Crippen LogP contribution in [-0.2, 0) is 0 Å². The van der Waals surface area contributed by atoms with Crippen LogP contribution in [0.2, 0.25) is 0 Å². The van der Waals surface area contributed by atoms with Crippen molar-refractivity contribution in [3.8, 4) is 5.75 Å². The number of nitrogens with one attached hydrogen (secondary N) is 1. The Kier molecular flexibility index (Phi) is 6.60. The van der Waals surface area contributed by atoms with Crippen LogP contribution in [0.4, 0.5) is 0 Å². The van der Waals surface area contributed by atoms with Gasteiger partial charge in [-0.3, -0.25) is 0 Å². The molecular weight excluding hydrogens is 278 g/mol. The Morgan fingerprint density at radius 2 is 2.12 bits per heavy atom. The quantitative estimate of drug-likeness (QED) is 0.758. The van der Waals surface area contributed by atoms with E-state index in [1.165, 1.54) is 5.56 Å².